The number of aromatic nitrogens is 4. The van der Waals surface area contributed by atoms with Crippen molar-refractivity contribution >= 4 is 17.3 Å². The Morgan fingerprint density at radius 3 is 2.43 bits per heavy atom. The van der Waals surface area contributed by atoms with Gasteiger partial charge in [-0.05, 0) is 61.9 Å². The van der Waals surface area contributed by atoms with E-state index in [0.29, 0.717) is 17.7 Å². The molecule has 0 radical (unpaired) electrons. The number of ketones is 1. The molecule has 7 nitrogen and oxygen atoms in total. The number of rotatable bonds is 6. The smallest absolute Gasteiger partial charge is 0.349 e. The number of aryl methyl sites for hydroxylation is 1. The first kappa shape index (κ1) is 26.2. The van der Waals surface area contributed by atoms with Crippen molar-refractivity contribution in [2.24, 2.45) is 5.92 Å². The molecule has 1 atom stereocenters. The lowest BCUT2D eigenvalue weighted by molar-refractivity contribution is -0.137. The molecule has 0 aromatic carbocycles. The van der Waals surface area contributed by atoms with Crippen LogP contribution in [0.15, 0.2) is 42.9 Å². The number of carbonyl (C=O) groups excluding carboxylic acids is 2. The molecular weight excluding hydrogens is 483 g/mol. The Labute approximate surface area is 213 Å². The molecule has 0 spiro atoms. The van der Waals surface area contributed by atoms with Crippen molar-refractivity contribution in [3.8, 4) is 5.82 Å². The minimum Gasteiger partial charge on any atom is -0.349 e. The number of allylic oxidation sites excluding steroid dienone is 2. The fourth-order valence-corrected chi connectivity index (χ4v) is 4.58. The van der Waals surface area contributed by atoms with Crippen molar-refractivity contribution in [1.82, 2.24) is 24.6 Å². The van der Waals surface area contributed by atoms with Gasteiger partial charge in [0.25, 0.3) is 0 Å². The summed E-state index contributed by atoms with van der Waals surface area (Å²) in [6, 6.07) is 4.10. The van der Waals surface area contributed by atoms with Crippen LogP contribution in [0.4, 0.5) is 13.2 Å². The third kappa shape index (κ3) is 5.63. The van der Waals surface area contributed by atoms with E-state index in [4.69, 9.17) is 0 Å². The van der Waals surface area contributed by atoms with Gasteiger partial charge in [-0.2, -0.15) is 18.3 Å². The average molecular weight is 512 g/mol. The van der Waals surface area contributed by atoms with Gasteiger partial charge in [-0.3, -0.25) is 14.6 Å². The molecule has 0 saturated carbocycles. The molecular formula is C27H28F3N5O2. The Morgan fingerprint density at radius 1 is 1.11 bits per heavy atom. The van der Waals surface area contributed by atoms with Gasteiger partial charge in [0.05, 0.1) is 28.7 Å². The van der Waals surface area contributed by atoms with Crippen LogP contribution in [0.1, 0.15) is 57.7 Å². The molecule has 37 heavy (non-hydrogen) atoms. The van der Waals surface area contributed by atoms with Gasteiger partial charge in [0.1, 0.15) is 0 Å². The molecule has 0 aliphatic heterocycles. The number of amides is 1. The number of hydrogen-bond acceptors (Lipinski definition) is 5. The zero-order valence-electron chi connectivity index (χ0n) is 21.1. The average Bonchev–Trinajstić information content (AvgIpc) is 3.24. The Bertz CT molecular complexity index is 1360. The molecule has 4 rings (SSSR count). The summed E-state index contributed by atoms with van der Waals surface area (Å²) in [6.07, 6.45) is 3.80. The summed E-state index contributed by atoms with van der Waals surface area (Å²) in [5, 5.41) is 4.16. The second-order valence-electron chi connectivity index (χ2n) is 9.50. The molecule has 10 heteroatoms. The number of pyridine rings is 2. The first-order valence-electron chi connectivity index (χ1n) is 11.9. The third-order valence-electron chi connectivity index (χ3n) is 6.61. The zero-order chi connectivity index (χ0) is 26.9. The second kappa shape index (κ2) is 10.3. The number of alkyl halides is 3. The SMILES string of the molecule is Cc1cc(CC(=O)c2cnn(-c3ccc(C(F)(F)F)cn3)c2C)cnc1C1=CCC(C(=O)N(C)C)CC1. The highest BCUT2D eigenvalue weighted by Crippen LogP contribution is 2.32. The van der Waals surface area contributed by atoms with Crippen LogP contribution in [0.5, 0.6) is 0 Å². The van der Waals surface area contributed by atoms with Crippen LogP contribution < -0.4 is 0 Å². The van der Waals surface area contributed by atoms with Crippen molar-refractivity contribution in [3.63, 3.8) is 0 Å². The molecule has 1 unspecified atom stereocenters. The van der Waals surface area contributed by atoms with E-state index in [9.17, 15) is 22.8 Å². The Morgan fingerprint density at radius 2 is 1.86 bits per heavy atom. The normalized spacial score (nSPS) is 15.9. The Balaban J connectivity index is 1.46. The summed E-state index contributed by atoms with van der Waals surface area (Å²) in [4.78, 5) is 35.3. The van der Waals surface area contributed by atoms with Gasteiger partial charge in [0, 0.05) is 38.8 Å². The number of nitrogens with zero attached hydrogens (tertiary/aromatic N) is 5. The van der Waals surface area contributed by atoms with Gasteiger partial charge in [-0.15, -0.1) is 0 Å². The van der Waals surface area contributed by atoms with Gasteiger partial charge in [-0.25, -0.2) is 9.67 Å². The summed E-state index contributed by atoms with van der Waals surface area (Å²) in [5.41, 5.74) is 3.71. The first-order valence-corrected chi connectivity index (χ1v) is 11.9. The van der Waals surface area contributed by atoms with Crippen molar-refractivity contribution in [2.75, 3.05) is 14.1 Å². The van der Waals surface area contributed by atoms with Crippen LogP contribution in [0.3, 0.4) is 0 Å². The van der Waals surface area contributed by atoms with E-state index in [1.807, 2.05) is 13.0 Å². The lowest BCUT2D eigenvalue weighted by Crippen LogP contribution is -2.30. The van der Waals surface area contributed by atoms with E-state index in [0.717, 1.165) is 47.5 Å². The zero-order valence-corrected chi connectivity index (χ0v) is 21.1. The fraction of sp³-hybridized carbons (Fsp3) is 0.370. The largest absolute Gasteiger partial charge is 0.417 e. The highest BCUT2D eigenvalue weighted by Gasteiger charge is 2.31. The van der Waals surface area contributed by atoms with E-state index in [1.165, 1.54) is 16.9 Å². The van der Waals surface area contributed by atoms with Gasteiger partial charge in [0.15, 0.2) is 11.6 Å². The van der Waals surface area contributed by atoms with Crippen LogP contribution in [0.25, 0.3) is 11.4 Å². The molecule has 1 amide bonds. The highest BCUT2D eigenvalue weighted by atomic mass is 19.4. The lowest BCUT2D eigenvalue weighted by atomic mass is 9.86. The molecule has 3 aromatic rings. The standard InChI is InChI=1S/C27H28F3N5O2/c1-16-11-18(13-32-25(16)19-5-7-20(8-6-19)26(37)34(3)4)12-23(36)22-15-33-35(17(22)2)24-10-9-21(14-31-24)27(28,29)30/h5,9-11,13-15,20H,6-8,12H2,1-4H3. The van der Waals surface area contributed by atoms with Crippen molar-refractivity contribution in [3.05, 3.63) is 76.5 Å². The Hall–Kier alpha value is -3.82. The maximum absolute atomic E-state index is 13.0. The number of carbonyl (C=O) groups is 2. The van der Waals surface area contributed by atoms with Gasteiger partial charge in [-0.1, -0.05) is 12.1 Å². The minimum atomic E-state index is -4.48. The number of hydrogen-bond donors (Lipinski definition) is 0. The second-order valence-corrected chi connectivity index (χ2v) is 9.50. The predicted octanol–water partition coefficient (Wildman–Crippen LogP) is 5.00. The molecule has 3 aromatic heterocycles. The number of halogens is 3. The maximum atomic E-state index is 13.0. The van der Waals surface area contributed by atoms with Crippen LogP contribution in [-0.2, 0) is 17.4 Å². The van der Waals surface area contributed by atoms with Crippen molar-refractivity contribution in [2.45, 2.75) is 45.7 Å². The molecule has 194 valence electrons. The quantitative estimate of drug-likeness (QED) is 0.436. The topological polar surface area (TPSA) is 81.0 Å². The number of Topliss-reactive ketones (excluding diaryl/α,β-unsaturated/α-hetero) is 1. The van der Waals surface area contributed by atoms with E-state index in [1.54, 1.807) is 32.1 Å². The van der Waals surface area contributed by atoms with Crippen LogP contribution in [-0.4, -0.2) is 50.4 Å². The predicted molar refractivity (Wildman–Crippen MR) is 132 cm³/mol. The molecule has 0 saturated heterocycles. The third-order valence-corrected chi connectivity index (χ3v) is 6.61. The molecule has 0 N–H and O–H groups in total. The van der Waals surface area contributed by atoms with E-state index < -0.39 is 11.7 Å². The highest BCUT2D eigenvalue weighted by molar-refractivity contribution is 5.98. The summed E-state index contributed by atoms with van der Waals surface area (Å²) < 4.78 is 39.8. The molecule has 0 fully saturated rings. The minimum absolute atomic E-state index is 0.00196. The van der Waals surface area contributed by atoms with Gasteiger partial charge >= 0.3 is 6.18 Å². The van der Waals surface area contributed by atoms with E-state index in [-0.39, 0.29) is 29.8 Å². The Kier molecular flexibility index (Phi) is 7.29. The molecule has 1 aliphatic carbocycles. The molecule has 1 aliphatic rings. The maximum Gasteiger partial charge on any atom is 0.417 e. The summed E-state index contributed by atoms with van der Waals surface area (Å²) >= 11 is 0. The summed E-state index contributed by atoms with van der Waals surface area (Å²) in [7, 11) is 3.54. The molecule has 3 heterocycles. The van der Waals surface area contributed by atoms with E-state index in [2.05, 4.69) is 21.1 Å². The monoisotopic (exact) mass is 511 g/mol. The van der Waals surface area contributed by atoms with Crippen LogP contribution >= 0.6 is 0 Å². The van der Waals surface area contributed by atoms with Gasteiger partial charge < -0.3 is 4.90 Å². The van der Waals surface area contributed by atoms with Gasteiger partial charge in [0.2, 0.25) is 5.91 Å². The van der Waals surface area contributed by atoms with Crippen molar-refractivity contribution in [1.29, 1.82) is 0 Å². The van der Waals surface area contributed by atoms with Crippen molar-refractivity contribution < 1.29 is 22.8 Å². The first-order chi connectivity index (χ1) is 17.5. The van der Waals surface area contributed by atoms with Crippen LogP contribution in [0.2, 0.25) is 0 Å². The van der Waals surface area contributed by atoms with Crippen LogP contribution in [0, 0.1) is 19.8 Å². The fourth-order valence-electron chi connectivity index (χ4n) is 4.58. The summed E-state index contributed by atoms with van der Waals surface area (Å²) in [5.74, 6) is 0.160. The molecule has 0 bridgehead atoms. The lowest BCUT2D eigenvalue weighted by Gasteiger charge is -2.24. The summed E-state index contributed by atoms with van der Waals surface area (Å²) in [6.45, 7) is 3.63. The van der Waals surface area contributed by atoms with E-state index >= 15 is 0 Å².